The zero-order valence-corrected chi connectivity index (χ0v) is 13.7. The van der Waals surface area contributed by atoms with Crippen LogP contribution in [-0.4, -0.2) is 12.5 Å². The third-order valence-corrected chi connectivity index (χ3v) is 3.29. The number of hydrogen-bond donors (Lipinski definition) is 1. The van der Waals surface area contributed by atoms with Crippen LogP contribution in [0.3, 0.4) is 0 Å². The van der Waals surface area contributed by atoms with E-state index in [4.69, 9.17) is 0 Å². The van der Waals surface area contributed by atoms with Crippen molar-refractivity contribution in [3.05, 3.63) is 46.0 Å². The Bertz CT molecular complexity index is 456. The Balaban J connectivity index is 2.54. The Morgan fingerprint density at radius 2 is 1.84 bits per heavy atom. The smallest absolute Gasteiger partial charge is 0.243 e. The molecular weight excluding hydrogens is 302 g/mol. The van der Waals surface area contributed by atoms with E-state index in [-0.39, 0.29) is 11.3 Å². The first-order valence-corrected chi connectivity index (χ1v) is 7.25. The van der Waals surface area contributed by atoms with E-state index in [1.807, 2.05) is 26.0 Å². The highest BCUT2D eigenvalue weighted by Crippen LogP contribution is 2.22. The number of carbonyl (C=O) groups excluding carboxylic acids is 1. The minimum absolute atomic E-state index is 0.0103. The average molecular weight is 324 g/mol. The maximum Gasteiger partial charge on any atom is 0.243 e. The molecule has 0 spiro atoms. The first-order valence-electron chi connectivity index (χ1n) is 6.46. The van der Waals surface area contributed by atoms with Gasteiger partial charge in [-0.2, -0.15) is 0 Å². The second-order valence-corrected chi connectivity index (χ2v) is 6.82. The summed E-state index contributed by atoms with van der Waals surface area (Å²) in [5.41, 5.74) is 2.34. The fourth-order valence-corrected chi connectivity index (χ4v) is 2.12. The van der Waals surface area contributed by atoms with Gasteiger partial charge in [-0.1, -0.05) is 47.5 Å². The van der Waals surface area contributed by atoms with Crippen molar-refractivity contribution >= 4 is 21.8 Å². The van der Waals surface area contributed by atoms with Gasteiger partial charge in [0, 0.05) is 17.1 Å². The Labute approximate surface area is 124 Å². The molecule has 19 heavy (non-hydrogen) atoms. The van der Waals surface area contributed by atoms with Crippen LogP contribution in [-0.2, 0) is 11.2 Å². The highest BCUT2D eigenvalue weighted by Gasteiger charge is 2.19. The zero-order valence-electron chi connectivity index (χ0n) is 12.1. The molecule has 0 aliphatic heterocycles. The van der Waals surface area contributed by atoms with Crippen molar-refractivity contribution < 1.29 is 4.79 Å². The number of nitrogens with one attached hydrogen (secondary N) is 1. The van der Waals surface area contributed by atoms with Gasteiger partial charge in [0.05, 0.1) is 0 Å². The molecule has 1 aromatic rings. The third-order valence-electron chi connectivity index (χ3n) is 2.76. The lowest BCUT2D eigenvalue weighted by atomic mass is 9.85. The highest BCUT2D eigenvalue weighted by molar-refractivity contribution is 9.10. The van der Waals surface area contributed by atoms with Crippen LogP contribution in [0.5, 0.6) is 0 Å². The number of allylic oxidation sites excluding steroid dienone is 1. The number of benzene rings is 1. The molecule has 0 fully saturated rings. The van der Waals surface area contributed by atoms with Gasteiger partial charge >= 0.3 is 0 Å². The summed E-state index contributed by atoms with van der Waals surface area (Å²) in [5.74, 6) is -0.0103. The number of carbonyl (C=O) groups is 1. The van der Waals surface area contributed by atoms with Crippen LogP contribution in [0.2, 0.25) is 0 Å². The van der Waals surface area contributed by atoms with Crippen LogP contribution in [0.4, 0.5) is 0 Å². The van der Waals surface area contributed by atoms with Crippen LogP contribution >= 0.6 is 15.9 Å². The Morgan fingerprint density at radius 1 is 1.26 bits per heavy atom. The van der Waals surface area contributed by atoms with Gasteiger partial charge in [-0.05, 0) is 43.4 Å². The molecule has 104 valence electrons. The first-order chi connectivity index (χ1) is 8.78. The molecule has 0 aliphatic rings. The molecule has 0 heterocycles. The van der Waals surface area contributed by atoms with Crippen molar-refractivity contribution in [2.45, 2.75) is 34.1 Å². The molecule has 0 radical (unpaired) electrons. The molecule has 1 rings (SSSR count). The summed E-state index contributed by atoms with van der Waals surface area (Å²) < 4.78 is 1.09. The summed E-state index contributed by atoms with van der Waals surface area (Å²) in [7, 11) is 0. The normalized spacial score (nSPS) is 11.0. The van der Waals surface area contributed by atoms with Gasteiger partial charge in [0.1, 0.15) is 0 Å². The van der Waals surface area contributed by atoms with Crippen molar-refractivity contribution in [2.75, 3.05) is 6.54 Å². The number of halogens is 1. The van der Waals surface area contributed by atoms with Gasteiger partial charge in [0.25, 0.3) is 0 Å². The number of rotatable bonds is 5. The number of hydrogen-bond acceptors (Lipinski definition) is 1. The van der Waals surface area contributed by atoms with E-state index in [0.717, 1.165) is 16.5 Å². The summed E-state index contributed by atoms with van der Waals surface area (Å²) in [6.45, 7) is 8.85. The molecule has 0 unspecified atom stereocenters. The van der Waals surface area contributed by atoms with Crippen LogP contribution in [0.25, 0.3) is 0 Å². The van der Waals surface area contributed by atoms with E-state index < -0.39 is 0 Å². The van der Waals surface area contributed by atoms with Gasteiger partial charge < -0.3 is 5.32 Å². The van der Waals surface area contributed by atoms with Crippen molar-refractivity contribution in [3.8, 4) is 0 Å². The fourth-order valence-electron chi connectivity index (χ4n) is 1.86. The molecule has 1 aromatic carbocycles. The van der Waals surface area contributed by atoms with Crippen LogP contribution in [0.1, 0.15) is 33.3 Å². The Hall–Kier alpha value is -1.09. The van der Waals surface area contributed by atoms with Gasteiger partial charge in [-0.3, -0.25) is 4.79 Å². The van der Waals surface area contributed by atoms with Crippen molar-refractivity contribution in [1.29, 1.82) is 0 Å². The second-order valence-electron chi connectivity index (χ2n) is 5.91. The topological polar surface area (TPSA) is 29.1 Å². The molecule has 0 saturated carbocycles. The molecule has 0 aliphatic carbocycles. The van der Waals surface area contributed by atoms with Gasteiger partial charge in [0.2, 0.25) is 5.91 Å². The van der Waals surface area contributed by atoms with E-state index >= 15 is 0 Å². The summed E-state index contributed by atoms with van der Waals surface area (Å²) in [4.78, 5) is 11.6. The van der Waals surface area contributed by atoms with E-state index in [1.54, 1.807) is 6.08 Å². The maximum atomic E-state index is 11.6. The third kappa shape index (κ3) is 6.58. The van der Waals surface area contributed by atoms with Crippen LogP contribution in [0.15, 0.2) is 40.4 Å². The van der Waals surface area contributed by atoms with Gasteiger partial charge in [0.15, 0.2) is 0 Å². The Kier molecular flexibility index (Phi) is 5.80. The van der Waals surface area contributed by atoms with E-state index in [1.165, 1.54) is 5.56 Å². The van der Waals surface area contributed by atoms with Crippen LogP contribution < -0.4 is 5.32 Å². The average Bonchev–Trinajstić information content (AvgIpc) is 2.29. The molecule has 2 nitrogen and oxygen atoms in total. The fraction of sp³-hybridized carbons (Fsp3) is 0.438. The highest BCUT2D eigenvalue weighted by atomic mass is 79.9. The summed E-state index contributed by atoms with van der Waals surface area (Å²) in [6, 6.07) is 8.33. The molecular formula is C16H22BrNO. The molecule has 0 bridgehead atoms. The number of amides is 1. The molecule has 0 aromatic heterocycles. The van der Waals surface area contributed by atoms with Crippen molar-refractivity contribution in [1.82, 2.24) is 5.32 Å². The molecule has 1 N–H and O–H groups in total. The summed E-state index contributed by atoms with van der Waals surface area (Å²) >= 11 is 3.43. The van der Waals surface area contributed by atoms with E-state index in [2.05, 4.69) is 47.2 Å². The lowest BCUT2D eigenvalue weighted by Gasteiger charge is -2.25. The van der Waals surface area contributed by atoms with Gasteiger partial charge in [-0.25, -0.2) is 0 Å². The Morgan fingerprint density at radius 3 is 2.37 bits per heavy atom. The molecule has 0 saturated heterocycles. The van der Waals surface area contributed by atoms with Crippen LogP contribution in [0, 0.1) is 5.41 Å². The van der Waals surface area contributed by atoms with Crippen molar-refractivity contribution in [3.63, 3.8) is 0 Å². The first kappa shape index (κ1) is 16.0. The largest absolute Gasteiger partial charge is 0.352 e. The van der Waals surface area contributed by atoms with E-state index in [0.29, 0.717) is 6.54 Å². The molecule has 0 atom stereocenters. The molecule has 1 amide bonds. The lowest BCUT2D eigenvalue weighted by Crippen LogP contribution is -2.34. The molecule has 3 heteroatoms. The summed E-state index contributed by atoms with van der Waals surface area (Å²) in [6.07, 6.45) is 2.57. The quantitative estimate of drug-likeness (QED) is 0.812. The monoisotopic (exact) mass is 323 g/mol. The standard InChI is InChI=1S/C16H22BrNO/c1-12(2)9-15(19)18-11-16(3,4)10-13-5-7-14(17)8-6-13/h5-9H,10-11H2,1-4H3,(H,18,19). The predicted molar refractivity (Wildman–Crippen MR) is 84.1 cm³/mol. The van der Waals surface area contributed by atoms with E-state index in [9.17, 15) is 4.79 Å². The minimum atomic E-state index is -0.0103. The SMILES string of the molecule is CC(C)=CC(=O)NCC(C)(C)Cc1ccc(Br)cc1. The van der Waals surface area contributed by atoms with Gasteiger partial charge in [-0.15, -0.1) is 0 Å². The maximum absolute atomic E-state index is 11.6. The second kappa shape index (κ2) is 6.90. The van der Waals surface area contributed by atoms with Crippen molar-refractivity contribution in [2.24, 2.45) is 5.41 Å². The summed E-state index contributed by atoms with van der Waals surface area (Å²) in [5, 5.41) is 2.96. The zero-order chi connectivity index (χ0) is 14.5. The predicted octanol–water partition coefficient (Wildman–Crippen LogP) is 4.10. The minimum Gasteiger partial charge on any atom is -0.352 e. The lowest BCUT2D eigenvalue weighted by molar-refractivity contribution is -0.116.